The fraction of sp³-hybridized carbons (Fsp3) is 0.333. The smallest absolute Gasteiger partial charge is 0.161 e. The van der Waals surface area contributed by atoms with Gasteiger partial charge in [-0.2, -0.15) is 0 Å². The number of aliphatic hydroxyl groups excluding tert-OH is 2. The summed E-state index contributed by atoms with van der Waals surface area (Å²) in [5.74, 6) is 3.34. The predicted octanol–water partition coefficient (Wildman–Crippen LogP) is 4.49. The summed E-state index contributed by atoms with van der Waals surface area (Å²) in [4.78, 5) is 5.40. The van der Waals surface area contributed by atoms with Crippen LogP contribution in [0, 0.1) is 0 Å². The Kier molecular flexibility index (Phi) is 12.0. The third kappa shape index (κ3) is 8.82. The number of benzene rings is 4. The fourth-order valence-corrected chi connectivity index (χ4v) is 5.41. The van der Waals surface area contributed by atoms with E-state index in [4.69, 9.17) is 23.7 Å². The van der Waals surface area contributed by atoms with Crippen LogP contribution in [0.4, 0.5) is 0 Å². The molecule has 0 aliphatic carbocycles. The van der Waals surface area contributed by atoms with Crippen molar-refractivity contribution in [2.24, 2.45) is 0 Å². The second-order valence-corrected chi connectivity index (χ2v) is 10.9. The third-order valence-electron chi connectivity index (χ3n) is 7.58. The van der Waals surface area contributed by atoms with Gasteiger partial charge >= 0.3 is 0 Å². The van der Waals surface area contributed by atoms with E-state index in [1.807, 2.05) is 89.8 Å². The third-order valence-corrected chi connectivity index (χ3v) is 7.58. The lowest BCUT2D eigenvalue weighted by atomic mass is 10.1. The molecule has 0 aliphatic rings. The Hall–Kier alpha value is -4.48. The zero-order valence-electron chi connectivity index (χ0n) is 26.4. The summed E-state index contributed by atoms with van der Waals surface area (Å²) in [6.45, 7) is 2.84. The lowest BCUT2D eigenvalue weighted by Gasteiger charge is -2.27. The molecule has 10 nitrogen and oxygen atoms in total. The number of aliphatic hydroxyl groups is 2. The van der Waals surface area contributed by atoms with Crippen LogP contribution in [-0.2, 0) is 0 Å². The molecule has 5 aromatic rings. The van der Waals surface area contributed by atoms with Gasteiger partial charge in [0.2, 0.25) is 0 Å². The molecule has 2 atom stereocenters. The molecule has 4 N–H and O–H groups in total. The zero-order valence-corrected chi connectivity index (χ0v) is 26.4. The van der Waals surface area contributed by atoms with Crippen LogP contribution >= 0.6 is 0 Å². The SMILES string of the molecule is COc1ccccc1OCCNCC(O)CN(CCOc1ccccc1OC)CC(O)COc1cccc2[nH]c3ccccc3c12. The number of nitrogens with zero attached hydrogens (tertiary/aromatic N) is 1. The van der Waals surface area contributed by atoms with Crippen molar-refractivity contribution in [1.82, 2.24) is 15.2 Å². The molecule has 0 saturated heterocycles. The number of aromatic nitrogens is 1. The zero-order chi connectivity index (χ0) is 32.1. The van der Waals surface area contributed by atoms with Crippen LogP contribution in [0.2, 0.25) is 0 Å². The van der Waals surface area contributed by atoms with Crippen molar-refractivity contribution in [3.63, 3.8) is 0 Å². The normalized spacial score (nSPS) is 12.7. The number of para-hydroxylation sites is 5. The van der Waals surface area contributed by atoms with Crippen molar-refractivity contribution in [2.45, 2.75) is 12.2 Å². The molecule has 244 valence electrons. The Labute approximate surface area is 269 Å². The van der Waals surface area contributed by atoms with Crippen molar-refractivity contribution in [3.05, 3.63) is 91.0 Å². The van der Waals surface area contributed by atoms with E-state index in [1.54, 1.807) is 14.2 Å². The van der Waals surface area contributed by atoms with Crippen LogP contribution < -0.4 is 29.0 Å². The molecular weight excluding hydrogens is 586 g/mol. The van der Waals surface area contributed by atoms with Crippen LogP contribution in [-0.4, -0.2) is 99.1 Å². The van der Waals surface area contributed by atoms with E-state index < -0.39 is 12.2 Å². The Bertz CT molecular complexity index is 1660. The number of fused-ring (bicyclic) bond motifs is 3. The summed E-state index contributed by atoms with van der Waals surface area (Å²) >= 11 is 0. The molecule has 0 radical (unpaired) electrons. The average molecular weight is 630 g/mol. The van der Waals surface area contributed by atoms with E-state index in [0.717, 1.165) is 21.8 Å². The van der Waals surface area contributed by atoms with Gasteiger partial charge in [-0.3, -0.25) is 4.90 Å². The highest BCUT2D eigenvalue weighted by atomic mass is 16.5. The maximum atomic E-state index is 11.1. The van der Waals surface area contributed by atoms with Crippen molar-refractivity contribution < 1.29 is 33.9 Å². The Morgan fingerprint density at radius 1 is 0.652 bits per heavy atom. The van der Waals surface area contributed by atoms with Gasteiger partial charge in [0, 0.05) is 49.0 Å². The van der Waals surface area contributed by atoms with Gasteiger partial charge in [0.15, 0.2) is 23.0 Å². The lowest BCUT2D eigenvalue weighted by molar-refractivity contribution is 0.0403. The van der Waals surface area contributed by atoms with Gasteiger partial charge in [0.05, 0.1) is 25.8 Å². The highest BCUT2D eigenvalue weighted by Gasteiger charge is 2.18. The van der Waals surface area contributed by atoms with Gasteiger partial charge in [-0.25, -0.2) is 0 Å². The maximum Gasteiger partial charge on any atom is 0.161 e. The molecule has 0 aliphatic heterocycles. The molecule has 2 unspecified atom stereocenters. The minimum atomic E-state index is -0.805. The number of methoxy groups -OCH3 is 2. The lowest BCUT2D eigenvalue weighted by Crippen LogP contribution is -2.44. The van der Waals surface area contributed by atoms with Gasteiger partial charge < -0.3 is 44.2 Å². The quantitative estimate of drug-likeness (QED) is 0.0981. The molecule has 0 bridgehead atoms. The van der Waals surface area contributed by atoms with Crippen molar-refractivity contribution in [2.75, 3.05) is 66.8 Å². The van der Waals surface area contributed by atoms with E-state index in [-0.39, 0.29) is 13.2 Å². The van der Waals surface area contributed by atoms with Crippen LogP contribution in [0.3, 0.4) is 0 Å². The molecule has 0 spiro atoms. The molecule has 0 amide bonds. The van der Waals surface area contributed by atoms with Gasteiger partial charge in [-0.15, -0.1) is 0 Å². The van der Waals surface area contributed by atoms with Crippen molar-refractivity contribution in [3.8, 4) is 28.7 Å². The highest BCUT2D eigenvalue weighted by Crippen LogP contribution is 2.33. The largest absolute Gasteiger partial charge is 0.493 e. The summed E-state index contributed by atoms with van der Waals surface area (Å²) < 4.78 is 28.7. The van der Waals surface area contributed by atoms with Crippen LogP contribution in [0.15, 0.2) is 91.0 Å². The summed E-state index contributed by atoms with van der Waals surface area (Å²) in [6, 6.07) is 28.9. The van der Waals surface area contributed by atoms with E-state index in [1.165, 1.54) is 0 Å². The maximum absolute atomic E-state index is 11.1. The topological polar surface area (TPSA) is 118 Å². The van der Waals surface area contributed by atoms with E-state index in [9.17, 15) is 10.2 Å². The Balaban J connectivity index is 1.15. The predicted molar refractivity (Wildman–Crippen MR) is 180 cm³/mol. The van der Waals surface area contributed by atoms with Crippen LogP contribution in [0.25, 0.3) is 21.8 Å². The van der Waals surface area contributed by atoms with Crippen molar-refractivity contribution >= 4 is 21.8 Å². The first-order valence-corrected chi connectivity index (χ1v) is 15.5. The number of nitrogens with one attached hydrogen (secondary N) is 2. The van der Waals surface area contributed by atoms with Crippen molar-refractivity contribution in [1.29, 1.82) is 0 Å². The highest BCUT2D eigenvalue weighted by molar-refractivity contribution is 6.10. The molecule has 4 aromatic carbocycles. The van der Waals surface area contributed by atoms with E-state index in [0.29, 0.717) is 68.1 Å². The monoisotopic (exact) mass is 629 g/mol. The summed E-state index contributed by atoms with van der Waals surface area (Å²) in [5.41, 5.74) is 2.01. The standard InChI is InChI=1S/C36H43N3O7/c1-42-31-13-5-7-15-33(31)44-20-18-37-22-26(40)23-39(19-21-45-34-16-8-6-14-32(34)43-2)24-27(41)25-46-35-17-9-12-30-36(35)28-10-3-4-11-29(28)38-30/h3-17,26-27,37-38,40-41H,18-25H2,1-2H3. The molecule has 10 heteroatoms. The summed E-state index contributed by atoms with van der Waals surface area (Å²) in [6.07, 6.45) is -1.49. The first-order chi connectivity index (χ1) is 22.6. The van der Waals surface area contributed by atoms with Gasteiger partial charge in [-0.1, -0.05) is 48.5 Å². The van der Waals surface area contributed by atoms with Gasteiger partial charge in [0.1, 0.15) is 31.7 Å². The van der Waals surface area contributed by atoms with Gasteiger partial charge in [0.25, 0.3) is 0 Å². The molecule has 46 heavy (non-hydrogen) atoms. The summed E-state index contributed by atoms with van der Waals surface area (Å²) in [7, 11) is 3.21. The minimum Gasteiger partial charge on any atom is -0.493 e. The average Bonchev–Trinajstić information content (AvgIpc) is 3.47. The molecule has 0 fully saturated rings. The Morgan fingerprint density at radius 2 is 1.24 bits per heavy atom. The molecule has 0 saturated carbocycles. The number of rotatable bonds is 19. The first-order valence-electron chi connectivity index (χ1n) is 15.5. The number of aromatic amines is 1. The number of H-pyrrole nitrogens is 1. The number of ether oxygens (including phenoxy) is 5. The van der Waals surface area contributed by atoms with Crippen LogP contribution in [0.5, 0.6) is 28.7 Å². The van der Waals surface area contributed by atoms with E-state index in [2.05, 4.69) is 16.4 Å². The first kappa shape index (κ1) is 32.9. The fourth-order valence-electron chi connectivity index (χ4n) is 5.41. The molecule has 1 heterocycles. The Morgan fingerprint density at radius 3 is 1.96 bits per heavy atom. The molecule has 5 rings (SSSR count). The number of hydrogen-bond acceptors (Lipinski definition) is 9. The van der Waals surface area contributed by atoms with Gasteiger partial charge in [-0.05, 0) is 42.5 Å². The second kappa shape index (κ2) is 16.7. The second-order valence-electron chi connectivity index (χ2n) is 10.9. The minimum absolute atomic E-state index is 0.0944. The molecular formula is C36H43N3O7. The number of hydrogen-bond donors (Lipinski definition) is 4. The summed E-state index contributed by atoms with van der Waals surface area (Å²) in [5, 5.41) is 27.3. The molecule has 1 aromatic heterocycles. The van der Waals surface area contributed by atoms with E-state index >= 15 is 0 Å². The van der Waals surface area contributed by atoms with Crippen LogP contribution in [0.1, 0.15) is 0 Å².